The van der Waals surface area contributed by atoms with E-state index in [0.29, 0.717) is 5.56 Å². The van der Waals surface area contributed by atoms with Crippen molar-refractivity contribution >= 4 is 17.8 Å². The lowest BCUT2D eigenvalue weighted by Gasteiger charge is -2.14. The summed E-state index contributed by atoms with van der Waals surface area (Å²) in [6.45, 7) is 1.30. The maximum atomic E-state index is 12.5. The number of carboxylic acids is 1. The van der Waals surface area contributed by atoms with Crippen LogP contribution in [0.25, 0.3) is 0 Å². The molecule has 5 N–H and O–H groups in total. The molecule has 0 spiro atoms. The van der Waals surface area contributed by atoms with E-state index in [4.69, 9.17) is 10.8 Å². The van der Waals surface area contributed by atoms with Crippen LogP contribution in [0.5, 0.6) is 0 Å². The van der Waals surface area contributed by atoms with Crippen LogP contribution in [0.4, 0.5) is 13.2 Å². The Morgan fingerprint density at radius 2 is 1.77 bits per heavy atom. The minimum atomic E-state index is -4.43. The van der Waals surface area contributed by atoms with Crippen molar-refractivity contribution in [2.24, 2.45) is 5.73 Å². The van der Waals surface area contributed by atoms with Crippen LogP contribution in [-0.2, 0) is 27.1 Å². The summed E-state index contributed by atoms with van der Waals surface area (Å²) >= 11 is 0. The first kappa shape index (κ1) is 21.4. The van der Waals surface area contributed by atoms with Crippen molar-refractivity contribution in [3.63, 3.8) is 0 Å². The first-order chi connectivity index (χ1) is 12.0. The minimum Gasteiger partial charge on any atom is -0.480 e. The van der Waals surface area contributed by atoms with Gasteiger partial charge in [-0.15, -0.1) is 0 Å². The van der Waals surface area contributed by atoms with Crippen molar-refractivity contribution in [3.8, 4) is 0 Å². The fraction of sp³-hybridized carbons (Fsp3) is 0.438. The molecule has 0 unspecified atom stereocenters. The summed E-state index contributed by atoms with van der Waals surface area (Å²) in [7, 11) is 0. The van der Waals surface area contributed by atoms with Crippen LogP contribution < -0.4 is 16.4 Å². The van der Waals surface area contributed by atoms with Gasteiger partial charge in [-0.1, -0.05) is 12.1 Å². The maximum Gasteiger partial charge on any atom is 0.416 e. The highest BCUT2D eigenvalue weighted by molar-refractivity contribution is 5.85. The van der Waals surface area contributed by atoms with Gasteiger partial charge in [0, 0.05) is 13.0 Å². The summed E-state index contributed by atoms with van der Waals surface area (Å²) in [6, 6.07) is 2.26. The third-order valence-corrected chi connectivity index (χ3v) is 3.52. The van der Waals surface area contributed by atoms with Gasteiger partial charge in [-0.3, -0.25) is 14.4 Å². The van der Waals surface area contributed by atoms with Crippen molar-refractivity contribution in [2.45, 2.75) is 44.6 Å². The average molecular weight is 375 g/mol. The van der Waals surface area contributed by atoms with Gasteiger partial charge in [-0.2, -0.15) is 13.2 Å². The van der Waals surface area contributed by atoms with E-state index in [2.05, 4.69) is 10.6 Å². The fourth-order valence-corrected chi connectivity index (χ4v) is 1.92. The monoisotopic (exact) mass is 375 g/mol. The molecule has 10 heteroatoms. The van der Waals surface area contributed by atoms with Crippen molar-refractivity contribution in [3.05, 3.63) is 35.4 Å². The quantitative estimate of drug-likeness (QED) is 0.540. The smallest absolute Gasteiger partial charge is 0.416 e. The van der Waals surface area contributed by atoms with E-state index < -0.39 is 41.6 Å². The number of rotatable bonds is 8. The molecule has 0 aliphatic heterocycles. The molecule has 1 aromatic rings. The Hall–Kier alpha value is -2.62. The second-order valence-electron chi connectivity index (χ2n) is 5.69. The van der Waals surface area contributed by atoms with Crippen LogP contribution in [0.3, 0.4) is 0 Å². The number of nitrogens with two attached hydrogens (primary N) is 1. The zero-order valence-electron chi connectivity index (χ0n) is 14.0. The van der Waals surface area contributed by atoms with Gasteiger partial charge in [0.1, 0.15) is 6.04 Å². The van der Waals surface area contributed by atoms with E-state index >= 15 is 0 Å². The Bertz CT molecular complexity index is 647. The van der Waals surface area contributed by atoms with Crippen LogP contribution in [0.2, 0.25) is 0 Å². The van der Waals surface area contributed by atoms with Gasteiger partial charge < -0.3 is 21.5 Å². The molecule has 0 radical (unpaired) electrons. The second kappa shape index (κ2) is 9.18. The third kappa shape index (κ3) is 7.09. The molecule has 26 heavy (non-hydrogen) atoms. The SMILES string of the molecule is C[C@H](NC(=O)CC[C@H](N)C(=O)NCc1ccc(C(F)(F)F)cc1)C(=O)O. The summed E-state index contributed by atoms with van der Waals surface area (Å²) in [5.74, 6) is -2.30. The predicted octanol–water partition coefficient (Wildman–Crippen LogP) is 1.02. The highest BCUT2D eigenvalue weighted by atomic mass is 19.4. The van der Waals surface area contributed by atoms with Gasteiger partial charge >= 0.3 is 12.1 Å². The molecule has 0 saturated carbocycles. The Morgan fingerprint density at radius 3 is 2.27 bits per heavy atom. The van der Waals surface area contributed by atoms with Crippen molar-refractivity contribution in [2.75, 3.05) is 0 Å². The zero-order chi connectivity index (χ0) is 19.9. The van der Waals surface area contributed by atoms with Crippen molar-refractivity contribution in [1.82, 2.24) is 10.6 Å². The molecule has 0 aromatic heterocycles. The number of hydrogen-bond acceptors (Lipinski definition) is 4. The summed E-state index contributed by atoms with van der Waals surface area (Å²) in [6.07, 6.45) is -4.56. The second-order valence-corrected chi connectivity index (χ2v) is 5.69. The lowest BCUT2D eigenvalue weighted by Crippen LogP contribution is -2.42. The Labute approximate surface area is 147 Å². The molecular weight excluding hydrogens is 355 g/mol. The Kier molecular flexibility index (Phi) is 7.56. The van der Waals surface area contributed by atoms with E-state index in [1.807, 2.05) is 0 Å². The number of amides is 2. The summed E-state index contributed by atoms with van der Waals surface area (Å²) in [5.41, 5.74) is 5.32. The summed E-state index contributed by atoms with van der Waals surface area (Å²) in [4.78, 5) is 34.0. The normalized spacial score (nSPS) is 13.6. The number of benzene rings is 1. The molecule has 0 aliphatic rings. The van der Waals surface area contributed by atoms with Crippen molar-refractivity contribution < 1.29 is 32.7 Å². The molecule has 144 valence electrons. The number of carbonyl (C=O) groups excluding carboxylic acids is 2. The van der Waals surface area contributed by atoms with E-state index in [1.165, 1.54) is 19.1 Å². The fourth-order valence-electron chi connectivity index (χ4n) is 1.92. The average Bonchev–Trinajstić information content (AvgIpc) is 2.56. The molecule has 0 saturated heterocycles. The highest BCUT2D eigenvalue weighted by Gasteiger charge is 2.29. The maximum absolute atomic E-state index is 12.5. The van der Waals surface area contributed by atoms with Gasteiger partial charge in [-0.25, -0.2) is 0 Å². The van der Waals surface area contributed by atoms with E-state index in [1.54, 1.807) is 0 Å². The molecule has 0 bridgehead atoms. The van der Waals surface area contributed by atoms with E-state index in [-0.39, 0.29) is 19.4 Å². The van der Waals surface area contributed by atoms with Crippen molar-refractivity contribution in [1.29, 1.82) is 0 Å². The Morgan fingerprint density at radius 1 is 1.19 bits per heavy atom. The predicted molar refractivity (Wildman–Crippen MR) is 85.7 cm³/mol. The molecule has 0 fully saturated rings. The number of carbonyl (C=O) groups is 3. The van der Waals surface area contributed by atoms with Gasteiger partial charge in [0.05, 0.1) is 11.6 Å². The molecule has 0 aliphatic carbocycles. The molecule has 1 aromatic carbocycles. The van der Waals surface area contributed by atoms with Crippen LogP contribution in [-0.4, -0.2) is 35.0 Å². The summed E-state index contributed by atoms with van der Waals surface area (Å²) in [5, 5.41) is 13.4. The number of carboxylic acid groups (broad SMARTS) is 1. The van der Waals surface area contributed by atoms with Gasteiger partial charge in [-0.05, 0) is 31.0 Å². The lowest BCUT2D eigenvalue weighted by atomic mass is 10.1. The topological polar surface area (TPSA) is 122 Å². The standard InChI is InChI=1S/C16H20F3N3O4/c1-9(15(25)26)22-13(23)7-6-12(20)14(24)21-8-10-2-4-11(5-3-10)16(17,18)19/h2-5,9,12H,6-8,20H2,1H3,(H,21,24)(H,22,23)(H,25,26)/t9-,12-/m0/s1. The van der Waals surface area contributed by atoms with E-state index in [9.17, 15) is 27.6 Å². The molecule has 0 heterocycles. The Balaban J connectivity index is 2.40. The number of hydrogen-bond donors (Lipinski definition) is 4. The molecule has 1 rings (SSSR count). The summed E-state index contributed by atoms with van der Waals surface area (Å²) < 4.78 is 37.4. The number of alkyl halides is 3. The number of halogens is 3. The molecule has 7 nitrogen and oxygen atoms in total. The molecule has 2 amide bonds. The zero-order valence-corrected chi connectivity index (χ0v) is 14.0. The highest BCUT2D eigenvalue weighted by Crippen LogP contribution is 2.29. The largest absolute Gasteiger partial charge is 0.480 e. The molecular formula is C16H20F3N3O4. The van der Waals surface area contributed by atoms with Gasteiger partial charge in [0.15, 0.2) is 0 Å². The number of aliphatic carboxylic acids is 1. The third-order valence-electron chi connectivity index (χ3n) is 3.52. The van der Waals surface area contributed by atoms with Crippen LogP contribution in [0.1, 0.15) is 30.9 Å². The number of nitrogens with one attached hydrogen (secondary N) is 2. The first-order valence-corrected chi connectivity index (χ1v) is 7.72. The van der Waals surface area contributed by atoms with Crippen LogP contribution in [0.15, 0.2) is 24.3 Å². The lowest BCUT2D eigenvalue weighted by molar-refractivity contribution is -0.141. The van der Waals surface area contributed by atoms with Crippen LogP contribution >= 0.6 is 0 Å². The van der Waals surface area contributed by atoms with E-state index in [0.717, 1.165) is 12.1 Å². The van der Waals surface area contributed by atoms with Gasteiger partial charge in [0.2, 0.25) is 11.8 Å². The molecule has 2 atom stereocenters. The first-order valence-electron chi connectivity index (χ1n) is 7.72. The minimum absolute atomic E-state index is 0.00296. The van der Waals surface area contributed by atoms with Crippen LogP contribution in [0, 0.1) is 0 Å². The van der Waals surface area contributed by atoms with Gasteiger partial charge in [0.25, 0.3) is 0 Å².